The molecule has 8 nitrogen and oxygen atoms in total. The molecule has 0 N–H and O–H groups in total. The molecule has 1 fully saturated rings. The number of carbonyl (C=O) groups excluding carboxylic acids is 1. The van der Waals surface area contributed by atoms with Crippen molar-refractivity contribution in [2.75, 3.05) is 20.2 Å². The maximum absolute atomic E-state index is 12.7. The molecule has 0 radical (unpaired) electrons. The van der Waals surface area contributed by atoms with Gasteiger partial charge in [-0.05, 0) is 6.42 Å². The van der Waals surface area contributed by atoms with E-state index >= 15 is 0 Å². The van der Waals surface area contributed by atoms with E-state index in [2.05, 4.69) is 10.3 Å². The average Bonchev–Trinajstić information content (AvgIpc) is 3.19. The van der Waals surface area contributed by atoms with Crippen LogP contribution in [-0.2, 0) is 7.05 Å². The van der Waals surface area contributed by atoms with Gasteiger partial charge in [0.1, 0.15) is 5.75 Å². The quantitative estimate of drug-likeness (QED) is 0.801. The van der Waals surface area contributed by atoms with Gasteiger partial charge >= 0.3 is 0 Å². The van der Waals surface area contributed by atoms with Crippen molar-refractivity contribution >= 4 is 5.91 Å². The van der Waals surface area contributed by atoms with Crippen LogP contribution in [0.5, 0.6) is 5.75 Å². The summed E-state index contributed by atoms with van der Waals surface area (Å²) in [7, 11) is 3.06. The highest BCUT2D eigenvalue weighted by Gasteiger charge is 2.30. The maximum atomic E-state index is 12.7. The molecule has 1 aliphatic rings. The molecule has 1 amide bonds. The standard InChI is InChI=1S/C14H17N5O3/c1-17-9-11(12(22-2)7-13(17)20)14(21)18-5-3-10(8-18)19-6-4-15-16-19/h4,6-7,9-10H,3,5,8H2,1-2H3. The Kier molecular flexibility index (Phi) is 3.66. The van der Waals surface area contributed by atoms with Crippen LogP contribution in [0.1, 0.15) is 22.8 Å². The summed E-state index contributed by atoms with van der Waals surface area (Å²) in [5.74, 6) is 0.160. The molecule has 1 aliphatic heterocycles. The third-order valence-electron chi connectivity index (χ3n) is 3.91. The molecule has 0 spiro atoms. The Labute approximate surface area is 126 Å². The van der Waals surface area contributed by atoms with Crippen molar-refractivity contribution in [3.8, 4) is 5.75 Å². The van der Waals surface area contributed by atoms with E-state index in [0.29, 0.717) is 24.4 Å². The fraction of sp³-hybridized carbons (Fsp3) is 0.429. The first kappa shape index (κ1) is 14.3. The highest BCUT2D eigenvalue weighted by molar-refractivity contribution is 5.96. The summed E-state index contributed by atoms with van der Waals surface area (Å²) < 4.78 is 8.32. The summed E-state index contributed by atoms with van der Waals surface area (Å²) >= 11 is 0. The molecule has 0 aromatic carbocycles. The normalized spacial score (nSPS) is 17.7. The second-order valence-electron chi connectivity index (χ2n) is 5.28. The molecule has 1 saturated heterocycles. The van der Waals surface area contributed by atoms with Crippen LogP contribution in [0.25, 0.3) is 0 Å². The summed E-state index contributed by atoms with van der Waals surface area (Å²) in [5, 5.41) is 7.78. The van der Waals surface area contributed by atoms with Crippen LogP contribution in [0.15, 0.2) is 29.5 Å². The zero-order valence-electron chi connectivity index (χ0n) is 12.5. The van der Waals surface area contributed by atoms with Gasteiger partial charge < -0.3 is 14.2 Å². The molecule has 2 aromatic rings. The minimum absolute atomic E-state index is 0.130. The van der Waals surface area contributed by atoms with Crippen LogP contribution < -0.4 is 10.3 Å². The van der Waals surface area contributed by atoms with Gasteiger partial charge in [0.25, 0.3) is 11.5 Å². The second-order valence-corrected chi connectivity index (χ2v) is 5.28. The third-order valence-corrected chi connectivity index (χ3v) is 3.91. The lowest BCUT2D eigenvalue weighted by Crippen LogP contribution is -2.31. The number of ether oxygens (including phenoxy) is 1. The number of nitrogens with zero attached hydrogens (tertiary/aromatic N) is 5. The Morgan fingerprint density at radius 3 is 2.95 bits per heavy atom. The number of aryl methyl sites for hydroxylation is 1. The number of carbonyl (C=O) groups is 1. The van der Waals surface area contributed by atoms with Gasteiger partial charge in [0, 0.05) is 38.6 Å². The fourth-order valence-electron chi connectivity index (χ4n) is 2.67. The summed E-state index contributed by atoms with van der Waals surface area (Å²) in [5.41, 5.74) is 0.180. The average molecular weight is 303 g/mol. The van der Waals surface area contributed by atoms with Crippen molar-refractivity contribution < 1.29 is 9.53 Å². The van der Waals surface area contributed by atoms with Crippen molar-refractivity contribution in [3.05, 3.63) is 40.6 Å². The van der Waals surface area contributed by atoms with E-state index in [0.717, 1.165) is 6.42 Å². The molecule has 0 bridgehead atoms. The van der Waals surface area contributed by atoms with Gasteiger partial charge in [-0.15, -0.1) is 5.10 Å². The van der Waals surface area contributed by atoms with Crippen molar-refractivity contribution in [2.45, 2.75) is 12.5 Å². The maximum Gasteiger partial charge on any atom is 0.259 e. The van der Waals surface area contributed by atoms with Crippen LogP contribution in [0.3, 0.4) is 0 Å². The number of pyridine rings is 1. The van der Waals surface area contributed by atoms with Crippen molar-refractivity contribution in [1.82, 2.24) is 24.5 Å². The summed E-state index contributed by atoms with van der Waals surface area (Å²) in [6.45, 7) is 1.20. The molecule has 0 aliphatic carbocycles. The predicted molar refractivity (Wildman–Crippen MR) is 77.8 cm³/mol. The Morgan fingerprint density at radius 1 is 1.45 bits per heavy atom. The Morgan fingerprint density at radius 2 is 2.27 bits per heavy atom. The van der Waals surface area contributed by atoms with Crippen LogP contribution in [0.2, 0.25) is 0 Å². The number of rotatable bonds is 3. The summed E-state index contributed by atoms with van der Waals surface area (Å²) in [4.78, 5) is 26.1. The molecule has 116 valence electrons. The van der Waals surface area contributed by atoms with E-state index in [1.807, 2.05) is 0 Å². The zero-order chi connectivity index (χ0) is 15.7. The van der Waals surface area contributed by atoms with E-state index in [4.69, 9.17) is 4.74 Å². The molecular weight excluding hydrogens is 286 g/mol. The lowest BCUT2D eigenvalue weighted by molar-refractivity contribution is 0.0782. The smallest absolute Gasteiger partial charge is 0.259 e. The molecule has 3 heterocycles. The summed E-state index contributed by atoms with van der Waals surface area (Å²) in [6.07, 6.45) is 5.77. The van der Waals surface area contributed by atoms with Gasteiger partial charge in [-0.2, -0.15) is 0 Å². The lowest BCUT2D eigenvalue weighted by atomic mass is 10.2. The number of hydrogen-bond donors (Lipinski definition) is 0. The molecule has 3 rings (SSSR count). The first-order valence-electron chi connectivity index (χ1n) is 7.00. The Balaban J connectivity index is 1.83. The van der Waals surface area contributed by atoms with Gasteiger partial charge in [0.05, 0.1) is 24.9 Å². The van der Waals surface area contributed by atoms with Gasteiger partial charge in [-0.3, -0.25) is 9.59 Å². The third kappa shape index (κ3) is 2.47. The molecule has 0 saturated carbocycles. The highest BCUT2D eigenvalue weighted by Crippen LogP contribution is 2.24. The monoisotopic (exact) mass is 303 g/mol. The van der Waals surface area contributed by atoms with E-state index in [9.17, 15) is 9.59 Å². The Hall–Kier alpha value is -2.64. The number of methoxy groups -OCH3 is 1. The van der Waals surface area contributed by atoms with Crippen molar-refractivity contribution in [2.24, 2.45) is 7.05 Å². The number of amides is 1. The van der Waals surface area contributed by atoms with E-state index in [-0.39, 0.29) is 17.5 Å². The van der Waals surface area contributed by atoms with E-state index in [1.54, 1.807) is 29.0 Å². The largest absolute Gasteiger partial charge is 0.496 e. The molecular formula is C14H17N5O3. The van der Waals surface area contributed by atoms with Crippen LogP contribution in [0, 0.1) is 0 Å². The minimum Gasteiger partial charge on any atom is -0.496 e. The van der Waals surface area contributed by atoms with Gasteiger partial charge in [-0.1, -0.05) is 5.21 Å². The SMILES string of the molecule is COc1cc(=O)n(C)cc1C(=O)N1CCC(n2ccnn2)C1. The topological polar surface area (TPSA) is 82.2 Å². The van der Waals surface area contributed by atoms with E-state index < -0.39 is 0 Å². The predicted octanol–water partition coefficient (Wildman–Crippen LogP) is 0.0726. The zero-order valence-corrected chi connectivity index (χ0v) is 12.5. The van der Waals surface area contributed by atoms with Crippen LogP contribution >= 0.6 is 0 Å². The molecule has 2 aromatic heterocycles. The van der Waals surface area contributed by atoms with E-state index in [1.165, 1.54) is 23.9 Å². The van der Waals surface area contributed by atoms with Crippen molar-refractivity contribution in [1.29, 1.82) is 0 Å². The lowest BCUT2D eigenvalue weighted by Gasteiger charge is -2.18. The summed E-state index contributed by atoms with van der Waals surface area (Å²) in [6, 6.07) is 1.46. The molecule has 8 heteroatoms. The van der Waals surface area contributed by atoms with Crippen LogP contribution in [0.4, 0.5) is 0 Å². The minimum atomic E-state index is -0.213. The number of aromatic nitrogens is 4. The number of likely N-dealkylation sites (tertiary alicyclic amines) is 1. The van der Waals surface area contributed by atoms with Crippen LogP contribution in [-0.4, -0.2) is 50.6 Å². The number of hydrogen-bond acceptors (Lipinski definition) is 5. The highest BCUT2D eigenvalue weighted by atomic mass is 16.5. The van der Waals surface area contributed by atoms with Gasteiger partial charge in [0.2, 0.25) is 0 Å². The fourth-order valence-corrected chi connectivity index (χ4v) is 2.67. The molecule has 1 unspecified atom stereocenters. The molecule has 1 atom stereocenters. The molecule has 22 heavy (non-hydrogen) atoms. The first-order chi connectivity index (χ1) is 10.6. The van der Waals surface area contributed by atoms with Gasteiger partial charge in [-0.25, -0.2) is 4.68 Å². The van der Waals surface area contributed by atoms with Crippen molar-refractivity contribution in [3.63, 3.8) is 0 Å². The van der Waals surface area contributed by atoms with Gasteiger partial charge in [0.15, 0.2) is 0 Å². The second kappa shape index (κ2) is 5.63. The Bertz CT molecular complexity index is 737. The first-order valence-corrected chi connectivity index (χ1v) is 7.00.